The average molecular weight is 235 g/mol. The van der Waals surface area contributed by atoms with E-state index in [4.69, 9.17) is 10.5 Å². The topological polar surface area (TPSA) is 52.3 Å². The summed E-state index contributed by atoms with van der Waals surface area (Å²) >= 11 is 0. The highest BCUT2D eigenvalue weighted by Gasteiger charge is 2.15. The predicted octanol–water partition coefficient (Wildman–Crippen LogP) is 2.85. The molecular formula is C14H21NO2. The van der Waals surface area contributed by atoms with Gasteiger partial charge in [0.2, 0.25) is 0 Å². The molecule has 3 heteroatoms. The first kappa shape index (κ1) is 13.6. The molecule has 0 spiro atoms. The molecule has 1 aromatic rings. The molecule has 0 saturated heterocycles. The molecule has 0 bridgehead atoms. The maximum Gasteiger partial charge on any atom is 0.306 e. The van der Waals surface area contributed by atoms with Gasteiger partial charge in [-0.05, 0) is 57.4 Å². The molecule has 0 aliphatic carbocycles. The van der Waals surface area contributed by atoms with Gasteiger partial charge in [-0.1, -0.05) is 6.07 Å². The molecule has 0 heterocycles. The first-order valence-electron chi connectivity index (χ1n) is 5.84. The van der Waals surface area contributed by atoms with E-state index in [1.807, 2.05) is 45.9 Å². The largest absolute Gasteiger partial charge is 0.460 e. The van der Waals surface area contributed by atoms with Crippen molar-refractivity contribution in [3.63, 3.8) is 0 Å². The maximum atomic E-state index is 11.5. The number of carbonyl (C=O) groups is 1. The Balaban J connectivity index is 2.53. The van der Waals surface area contributed by atoms with E-state index in [0.717, 1.165) is 16.8 Å². The molecule has 1 rings (SSSR count). The van der Waals surface area contributed by atoms with Gasteiger partial charge >= 0.3 is 5.97 Å². The van der Waals surface area contributed by atoms with Crippen LogP contribution >= 0.6 is 0 Å². The third-order valence-electron chi connectivity index (χ3n) is 2.20. The van der Waals surface area contributed by atoms with Gasteiger partial charge in [-0.3, -0.25) is 4.79 Å². The highest BCUT2D eigenvalue weighted by atomic mass is 16.6. The molecule has 0 radical (unpaired) electrons. The van der Waals surface area contributed by atoms with Crippen molar-refractivity contribution < 1.29 is 9.53 Å². The number of nitrogens with two attached hydrogens (primary N) is 1. The summed E-state index contributed by atoms with van der Waals surface area (Å²) in [5.74, 6) is -0.169. The number of rotatable bonds is 3. The number of esters is 1. The van der Waals surface area contributed by atoms with Crippen molar-refractivity contribution in [2.24, 2.45) is 0 Å². The summed E-state index contributed by atoms with van der Waals surface area (Å²) in [5.41, 5.74) is 8.27. The molecule has 0 amide bonds. The van der Waals surface area contributed by atoms with Crippen LogP contribution in [-0.4, -0.2) is 11.6 Å². The quantitative estimate of drug-likeness (QED) is 0.647. The van der Waals surface area contributed by atoms with Gasteiger partial charge < -0.3 is 10.5 Å². The third kappa shape index (κ3) is 5.38. The van der Waals surface area contributed by atoms with Gasteiger partial charge in [-0.25, -0.2) is 0 Å². The highest BCUT2D eigenvalue weighted by molar-refractivity contribution is 5.70. The van der Waals surface area contributed by atoms with Crippen LogP contribution < -0.4 is 5.73 Å². The van der Waals surface area contributed by atoms with Crippen molar-refractivity contribution in [2.75, 3.05) is 5.73 Å². The lowest BCUT2D eigenvalue weighted by Crippen LogP contribution is -2.24. The molecule has 94 valence electrons. The fraction of sp³-hybridized carbons (Fsp3) is 0.500. The minimum atomic E-state index is -0.414. The molecule has 0 unspecified atom stereocenters. The van der Waals surface area contributed by atoms with Crippen LogP contribution in [0.5, 0.6) is 0 Å². The summed E-state index contributed by atoms with van der Waals surface area (Å²) in [5, 5.41) is 0. The molecule has 0 atom stereocenters. The van der Waals surface area contributed by atoms with Crippen molar-refractivity contribution in [3.05, 3.63) is 29.3 Å². The summed E-state index contributed by atoms with van der Waals surface area (Å²) in [6.45, 7) is 7.61. The third-order valence-corrected chi connectivity index (χ3v) is 2.20. The van der Waals surface area contributed by atoms with Crippen LogP contribution in [0.15, 0.2) is 18.2 Å². The fourth-order valence-corrected chi connectivity index (χ4v) is 1.68. The second-order valence-electron chi connectivity index (χ2n) is 5.34. The molecule has 0 aromatic heterocycles. The van der Waals surface area contributed by atoms with Crippen LogP contribution in [0.2, 0.25) is 0 Å². The lowest BCUT2D eigenvalue weighted by Gasteiger charge is -2.19. The molecule has 2 N–H and O–H groups in total. The van der Waals surface area contributed by atoms with Crippen molar-refractivity contribution in [1.82, 2.24) is 0 Å². The van der Waals surface area contributed by atoms with E-state index in [0.29, 0.717) is 12.8 Å². The van der Waals surface area contributed by atoms with Crippen molar-refractivity contribution in [2.45, 2.75) is 46.1 Å². The fourth-order valence-electron chi connectivity index (χ4n) is 1.68. The van der Waals surface area contributed by atoms with Gasteiger partial charge in [0.1, 0.15) is 5.60 Å². The Hall–Kier alpha value is -1.51. The van der Waals surface area contributed by atoms with E-state index in [-0.39, 0.29) is 5.97 Å². The van der Waals surface area contributed by atoms with E-state index in [1.54, 1.807) is 0 Å². The van der Waals surface area contributed by atoms with Crippen molar-refractivity contribution >= 4 is 11.7 Å². The van der Waals surface area contributed by atoms with Gasteiger partial charge in [0.05, 0.1) is 0 Å². The van der Waals surface area contributed by atoms with Gasteiger partial charge in [0, 0.05) is 12.1 Å². The van der Waals surface area contributed by atoms with Crippen LogP contribution in [0, 0.1) is 6.92 Å². The summed E-state index contributed by atoms with van der Waals surface area (Å²) in [7, 11) is 0. The number of hydrogen-bond acceptors (Lipinski definition) is 3. The number of carbonyl (C=O) groups excluding carboxylic acids is 1. The molecular weight excluding hydrogens is 214 g/mol. The van der Waals surface area contributed by atoms with Gasteiger partial charge in [0.15, 0.2) is 0 Å². The molecule has 0 saturated carbocycles. The lowest BCUT2D eigenvalue weighted by atomic mass is 10.1. The van der Waals surface area contributed by atoms with Crippen LogP contribution in [0.4, 0.5) is 5.69 Å². The number of nitrogen functional groups attached to an aromatic ring is 1. The molecule has 0 aliphatic heterocycles. The van der Waals surface area contributed by atoms with E-state index < -0.39 is 5.60 Å². The summed E-state index contributed by atoms with van der Waals surface area (Å²) < 4.78 is 5.25. The molecule has 3 nitrogen and oxygen atoms in total. The second kappa shape index (κ2) is 5.21. The van der Waals surface area contributed by atoms with Crippen LogP contribution in [0.25, 0.3) is 0 Å². The first-order valence-corrected chi connectivity index (χ1v) is 5.84. The Bertz CT molecular complexity index is 385. The zero-order chi connectivity index (χ0) is 13.1. The highest BCUT2D eigenvalue weighted by Crippen LogP contribution is 2.14. The summed E-state index contributed by atoms with van der Waals surface area (Å²) in [6.07, 6.45) is 1.06. The van der Waals surface area contributed by atoms with Gasteiger partial charge in [-0.15, -0.1) is 0 Å². The Morgan fingerprint density at radius 2 is 1.94 bits per heavy atom. The Kier molecular flexibility index (Phi) is 4.16. The van der Waals surface area contributed by atoms with E-state index >= 15 is 0 Å². The van der Waals surface area contributed by atoms with E-state index in [1.165, 1.54) is 0 Å². The van der Waals surface area contributed by atoms with Crippen LogP contribution in [0.1, 0.15) is 38.3 Å². The number of benzene rings is 1. The smallest absolute Gasteiger partial charge is 0.306 e. The standard InChI is InChI=1S/C14H21NO2/c1-10-7-11(9-12(15)8-10)5-6-13(16)17-14(2,3)4/h7-9H,5-6,15H2,1-4H3. The zero-order valence-corrected chi connectivity index (χ0v) is 11.0. The Labute approximate surface area is 103 Å². The minimum absolute atomic E-state index is 0.169. The van der Waals surface area contributed by atoms with Gasteiger partial charge in [0.25, 0.3) is 0 Å². The van der Waals surface area contributed by atoms with Crippen LogP contribution in [0.3, 0.4) is 0 Å². The lowest BCUT2D eigenvalue weighted by molar-refractivity contribution is -0.154. The van der Waals surface area contributed by atoms with Gasteiger partial charge in [-0.2, -0.15) is 0 Å². The Morgan fingerprint density at radius 3 is 2.47 bits per heavy atom. The van der Waals surface area contributed by atoms with E-state index in [2.05, 4.69) is 0 Å². The normalized spacial score (nSPS) is 11.3. The summed E-state index contributed by atoms with van der Waals surface area (Å²) in [6, 6.07) is 5.86. The second-order valence-corrected chi connectivity index (χ2v) is 5.34. The zero-order valence-electron chi connectivity index (χ0n) is 11.0. The van der Waals surface area contributed by atoms with Crippen molar-refractivity contribution in [3.8, 4) is 0 Å². The maximum absolute atomic E-state index is 11.5. The van der Waals surface area contributed by atoms with Crippen LogP contribution in [-0.2, 0) is 16.0 Å². The molecule has 1 aromatic carbocycles. The number of hydrogen-bond donors (Lipinski definition) is 1. The average Bonchev–Trinajstić information content (AvgIpc) is 2.10. The number of anilines is 1. The minimum Gasteiger partial charge on any atom is -0.460 e. The van der Waals surface area contributed by atoms with Crippen molar-refractivity contribution in [1.29, 1.82) is 0 Å². The number of aryl methyl sites for hydroxylation is 2. The predicted molar refractivity (Wildman–Crippen MR) is 69.8 cm³/mol. The van der Waals surface area contributed by atoms with E-state index in [9.17, 15) is 4.79 Å². The molecule has 17 heavy (non-hydrogen) atoms. The SMILES string of the molecule is Cc1cc(N)cc(CCC(=O)OC(C)(C)C)c1. The Morgan fingerprint density at radius 1 is 1.29 bits per heavy atom. The summed E-state index contributed by atoms with van der Waals surface area (Å²) in [4.78, 5) is 11.5. The molecule has 0 fully saturated rings. The monoisotopic (exact) mass is 235 g/mol. The number of ether oxygens (including phenoxy) is 1. The molecule has 0 aliphatic rings. The first-order chi connectivity index (χ1) is 7.76.